The summed E-state index contributed by atoms with van der Waals surface area (Å²) in [5, 5.41) is 6.94. The maximum Gasteiger partial charge on any atom is 0.251 e. The smallest absolute Gasteiger partial charge is 0.251 e. The second-order valence-electron chi connectivity index (χ2n) is 4.88. The lowest BCUT2D eigenvalue weighted by Crippen LogP contribution is -2.23. The van der Waals surface area contributed by atoms with Crippen LogP contribution in [0.4, 0.5) is 0 Å². The molecule has 0 bridgehead atoms. The molecule has 0 fully saturated rings. The van der Waals surface area contributed by atoms with Gasteiger partial charge in [-0.15, -0.1) is 0 Å². The molecule has 0 aliphatic rings. The lowest BCUT2D eigenvalue weighted by molar-refractivity contribution is 0.0950. The Morgan fingerprint density at radius 2 is 1.96 bits per heavy atom. The summed E-state index contributed by atoms with van der Waals surface area (Å²) >= 11 is 0. The van der Waals surface area contributed by atoms with Crippen molar-refractivity contribution in [3.05, 3.63) is 72.3 Å². The Balaban J connectivity index is 1.66. The molecule has 0 radical (unpaired) electrons. The first-order valence-electron chi connectivity index (χ1n) is 7.13. The number of carbonyl (C=O) groups excluding carboxylic acids is 1. The summed E-state index contributed by atoms with van der Waals surface area (Å²) in [4.78, 5) is 16.1. The monoisotopic (exact) mass is 308 g/mol. The standard InChI is InChI=1S/C17H16N4O2/c1-23-16-5-3-2-4-14(16)10-19-17(22)13-6-8-15(9-7-13)21-12-18-11-20-21/h2-9,11-12H,10H2,1H3,(H,19,22). The van der Waals surface area contributed by atoms with Crippen molar-refractivity contribution in [1.29, 1.82) is 0 Å². The second-order valence-corrected chi connectivity index (χ2v) is 4.88. The summed E-state index contributed by atoms with van der Waals surface area (Å²) in [6.07, 6.45) is 3.07. The van der Waals surface area contributed by atoms with Crippen molar-refractivity contribution in [2.45, 2.75) is 6.54 Å². The van der Waals surface area contributed by atoms with Crippen molar-refractivity contribution in [2.24, 2.45) is 0 Å². The Kier molecular flexibility index (Phi) is 4.33. The van der Waals surface area contributed by atoms with E-state index in [1.165, 1.54) is 6.33 Å². The summed E-state index contributed by atoms with van der Waals surface area (Å²) in [6.45, 7) is 0.410. The minimum Gasteiger partial charge on any atom is -0.496 e. The number of ether oxygens (including phenoxy) is 1. The Morgan fingerprint density at radius 3 is 2.65 bits per heavy atom. The van der Waals surface area contributed by atoms with Crippen LogP contribution in [-0.2, 0) is 6.54 Å². The van der Waals surface area contributed by atoms with Crippen LogP contribution in [0.2, 0.25) is 0 Å². The Labute approximate surface area is 133 Å². The van der Waals surface area contributed by atoms with Gasteiger partial charge in [0.1, 0.15) is 18.4 Å². The molecule has 1 aromatic heterocycles. The topological polar surface area (TPSA) is 69.0 Å². The van der Waals surface area contributed by atoms with Gasteiger partial charge in [-0.25, -0.2) is 9.67 Å². The molecule has 23 heavy (non-hydrogen) atoms. The van der Waals surface area contributed by atoms with E-state index in [9.17, 15) is 4.79 Å². The van der Waals surface area contributed by atoms with Gasteiger partial charge in [0.2, 0.25) is 0 Å². The maximum atomic E-state index is 12.2. The zero-order valence-electron chi connectivity index (χ0n) is 12.6. The SMILES string of the molecule is COc1ccccc1CNC(=O)c1ccc(-n2cncn2)cc1. The number of rotatable bonds is 5. The van der Waals surface area contributed by atoms with Gasteiger partial charge < -0.3 is 10.1 Å². The Bertz CT molecular complexity index is 783. The molecular weight excluding hydrogens is 292 g/mol. The van der Waals surface area contributed by atoms with Gasteiger partial charge in [0.15, 0.2) is 0 Å². The molecule has 0 spiro atoms. The zero-order valence-corrected chi connectivity index (χ0v) is 12.6. The molecule has 0 aliphatic heterocycles. The van der Waals surface area contributed by atoms with Crippen LogP contribution in [0.25, 0.3) is 5.69 Å². The summed E-state index contributed by atoms with van der Waals surface area (Å²) in [5.74, 6) is 0.621. The predicted molar refractivity (Wildman–Crippen MR) is 85.5 cm³/mol. The predicted octanol–water partition coefficient (Wildman–Crippen LogP) is 2.21. The van der Waals surface area contributed by atoms with Crippen molar-refractivity contribution in [3.8, 4) is 11.4 Å². The molecule has 1 amide bonds. The molecule has 0 atom stereocenters. The Morgan fingerprint density at radius 1 is 1.17 bits per heavy atom. The van der Waals surface area contributed by atoms with Crippen LogP contribution in [0.15, 0.2) is 61.2 Å². The molecule has 116 valence electrons. The molecule has 0 unspecified atom stereocenters. The number of carbonyl (C=O) groups is 1. The fourth-order valence-electron chi connectivity index (χ4n) is 2.23. The van der Waals surface area contributed by atoms with E-state index in [0.29, 0.717) is 12.1 Å². The molecular formula is C17H16N4O2. The van der Waals surface area contributed by atoms with Crippen molar-refractivity contribution >= 4 is 5.91 Å². The van der Waals surface area contributed by atoms with Crippen LogP contribution >= 0.6 is 0 Å². The number of para-hydroxylation sites is 1. The summed E-state index contributed by atoms with van der Waals surface area (Å²) in [7, 11) is 1.61. The van der Waals surface area contributed by atoms with E-state index < -0.39 is 0 Å². The molecule has 0 aliphatic carbocycles. The second kappa shape index (κ2) is 6.74. The fraction of sp³-hybridized carbons (Fsp3) is 0.118. The van der Waals surface area contributed by atoms with Crippen LogP contribution in [0.3, 0.4) is 0 Å². The van der Waals surface area contributed by atoms with Crippen LogP contribution in [0.1, 0.15) is 15.9 Å². The number of nitrogens with one attached hydrogen (secondary N) is 1. The van der Waals surface area contributed by atoms with Gasteiger partial charge in [-0.1, -0.05) is 18.2 Å². The van der Waals surface area contributed by atoms with Crippen LogP contribution in [0, 0.1) is 0 Å². The van der Waals surface area contributed by atoms with E-state index in [-0.39, 0.29) is 5.91 Å². The van der Waals surface area contributed by atoms with Crippen LogP contribution < -0.4 is 10.1 Å². The summed E-state index contributed by atoms with van der Waals surface area (Å²) in [6, 6.07) is 14.8. The van der Waals surface area contributed by atoms with Crippen LogP contribution in [-0.4, -0.2) is 27.8 Å². The van der Waals surface area contributed by atoms with E-state index in [0.717, 1.165) is 17.0 Å². The minimum atomic E-state index is -0.138. The molecule has 1 N–H and O–H groups in total. The molecule has 3 rings (SSSR count). The third-order valence-electron chi connectivity index (χ3n) is 3.44. The average molecular weight is 308 g/mol. The highest BCUT2D eigenvalue weighted by atomic mass is 16.5. The van der Waals surface area contributed by atoms with E-state index in [1.807, 2.05) is 36.4 Å². The first-order valence-corrected chi connectivity index (χ1v) is 7.13. The lowest BCUT2D eigenvalue weighted by Gasteiger charge is -2.10. The van der Waals surface area contributed by atoms with E-state index >= 15 is 0 Å². The number of nitrogens with zero attached hydrogens (tertiary/aromatic N) is 3. The molecule has 6 heteroatoms. The Hall–Kier alpha value is -3.15. The molecule has 1 heterocycles. The number of aromatic nitrogens is 3. The van der Waals surface area contributed by atoms with Gasteiger partial charge in [-0.05, 0) is 30.3 Å². The normalized spacial score (nSPS) is 10.3. The number of benzene rings is 2. The van der Waals surface area contributed by atoms with E-state index in [2.05, 4.69) is 15.4 Å². The number of methoxy groups -OCH3 is 1. The first-order chi connectivity index (χ1) is 11.3. The maximum absolute atomic E-state index is 12.2. The van der Waals surface area contributed by atoms with E-state index in [4.69, 9.17) is 4.74 Å². The first kappa shape index (κ1) is 14.8. The van der Waals surface area contributed by atoms with Crippen molar-refractivity contribution in [1.82, 2.24) is 20.1 Å². The third kappa shape index (κ3) is 3.37. The molecule has 2 aromatic carbocycles. The number of hydrogen-bond acceptors (Lipinski definition) is 4. The quantitative estimate of drug-likeness (QED) is 0.784. The largest absolute Gasteiger partial charge is 0.496 e. The van der Waals surface area contributed by atoms with Gasteiger partial charge in [0, 0.05) is 17.7 Å². The average Bonchev–Trinajstić information content (AvgIpc) is 3.14. The van der Waals surface area contributed by atoms with Gasteiger partial charge in [0.25, 0.3) is 5.91 Å². The zero-order chi connectivity index (χ0) is 16.1. The number of hydrogen-bond donors (Lipinski definition) is 1. The molecule has 0 saturated heterocycles. The summed E-state index contributed by atoms with van der Waals surface area (Å²) < 4.78 is 6.91. The third-order valence-corrected chi connectivity index (χ3v) is 3.44. The fourth-order valence-corrected chi connectivity index (χ4v) is 2.23. The molecule has 0 saturated carbocycles. The minimum absolute atomic E-state index is 0.138. The molecule has 6 nitrogen and oxygen atoms in total. The van der Waals surface area contributed by atoms with Gasteiger partial charge >= 0.3 is 0 Å². The van der Waals surface area contributed by atoms with Crippen LogP contribution in [0.5, 0.6) is 5.75 Å². The highest BCUT2D eigenvalue weighted by molar-refractivity contribution is 5.94. The van der Waals surface area contributed by atoms with E-state index in [1.54, 1.807) is 30.3 Å². The number of amides is 1. The van der Waals surface area contributed by atoms with Gasteiger partial charge in [-0.2, -0.15) is 5.10 Å². The highest BCUT2D eigenvalue weighted by Gasteiger charge is 2.08. The molecule has 3 aromatic rings. The van der Waals surface area contributed by atoms with Crippen molar-refractivity contribution in [3.63, 3.8) is 0 Å². The van der Waals surface area contributed by atoms with Gasteiger partial charge in [0.05, 0.1) is 12.8 Å². The summed E-state index contributed by atoms with van der Waals surface area (Å²) in [5.41, 5.74) is 2.37. The van der Waals surface area contributed by atoms with Crippen molar-refractivity contribution in [2.75, 3.05) is 7.11 Å². The lowest BCUT2D eigenvalue weighted by atomic mass is 10.1. The van der Waals surface area contributed by atoms with Crippen molar-refractivity contribution < 1.29 is 9.53 Å². The van der Waals surface area contributed by atoms with Gasteiger partial charge in [-0.3, -0.25) is 4.79 Å². The highest BCUT2D eigenvalue weighted by Crippen LogP contribution is 2.17.